The first-order chi connectivity index (χ1) is 14.0. The van der Waals surface area contributed by atoms with Gasteiger partial charge < -0.3 is 14.6 Å². The fraction of sp³-hybridized carbons (Fsp3) is 0.400. The number of alkyl halides is 6. The molecule has 3 atom stereocenters. The number of fused-ring (bicyclic) bond motifs is 1. The zero-order valence-electron chi connectivity index (χ0n) is 15.4. The zero-order valence-corrected chi connectivity index (χ0v) is 15.4. The summed E-state index contributed by atoms with van der Waals surface area (Å²) in [5.74, 6) is 0. The molecule has 2 heterocycles. The monoisotopic (exact) mass is 433 g/mol. The minimum absolute atomic E-state index is 0.0418. The summed E-state index contributed by atoms with van der Waals surface area (Å²) in [6, 6.07) is 9.04. The van der Waals surface area contributed by atoms with Crippen LogP contribution in [0.1, 0.15) is 34.7 Å². The number of benzene rings is 2. The number of aliphatic hydroxyl groups is 1. The van der Waals surface area contributed by atoms with Gasteiger partial charge in [-0.25, -0.2) is 4.90 Å². The lowest BCUT2D eigenvalue weighted by Crippen LogP contribution is -2.47. The molecule has 0 bridgehead atoms. The Hall–Kier alpha value is -2.14. The van der Waals surface area contributed by atoms with E-state index in [0.717, 1.165) is 24.3 Å². The predicted molar refractivity (Wildman–Crippen MR) is 91.9 cm³/mol. The van der Waals surface area contributed by atoms with Crippen LogP contribution >= 0.6 is 0 Å². The number of aliphatic hydroxyl groups excluding tert-OH is 1. The molecule has 4 rings (SSSR count). The third kappa shape index (κ3) is 3.58. The number of rotatable bonds is 3. The summed E-state index contributed by atoms with van der Waals surface area (Å²) in [5.41, 5.74) is -2.48. The maximum Gasteiger partial charge on any atom is 0.416 e. The van der Waals surface area contributed by atoms with Gasteiger partial charge in [0.1, 0.15) is 12.5 Å². The zero-order chi connectivity index (χ0) is 21.7. The molecule has 2 aliphatic rings. The van der Waals surface area contributed by atoms with E-state index in [1.165, 1.54) is 29.2 Å². The van der Waals surface area contributed by atoms with Crippen molar-refractivity contribution in [3.05, 3.63) is 70.8 Å². The van der Waals surface area contributed by atoms with Crippen LogP contribution in [0.3, 0.4) is 0 Å². The van der Waals surface area contributed by atoms with Gasteiger partial charge in [0.25, 0.3) is 0 Å². The molecule has 0 saturated carbocycles. The Morgan fingerprint density at radius 3 is 1.63 bits per heavy atom. The van der Waals surface area contributed by atoms with Crippen molar-refractivity contribution in [3.63, 3.8) is 0 Å². The maximum atomic E-state index is 13.1. The van der Waals surface area contributed by atoms with E-state index in [4.69, 9.17) is 9.47 Å². The van der Waals surface area contributed by atoms with E-state index in [9.17, 15) is 31.4 Å². The van der Waals surface area contributed by atoms with Gasteiger partial charge >= 0.3 is 12.4 Å². The molecule has 2 fully saturated rings. The third-order valence-electron chi connectivity index (χ3n) is 5.37. The van der Waals surface area contributed by atoms with Crippen LogP contribution in [0.2, 0.25) is 0 Å². The van der Waals surface area contributed by atoms with Gasteiger partial charge in [-0.05, 0) is 35.4 Å². The lowest BCUT2D eigenvalue weighted by atomic mass is 10.00. The summed E-state index contributed by atoms with van der Waals surface area (Å²) < 4.78 is 90.2. The second-order valence-electron chi connectivity index (χ2n) is 7.36. The highest BCUT2D eigenvalue weighted by Crippen LogP contribution is 2.49. The van der Waals surface area contributed by atoms with Gasteiger partial charge in [0.05, 0.1) is 36.5 Å². The largest absolute Gasteiger partial charge is 0.416 e. The van der Waals surface area contributed by atoms with E-state index in [2.05, 4.69) is 0 Å². The normalized spacial score (nSPS) is 27.4. The lowest BCUT2D eigenvalue weighted by molar-refractivity contribution is -0.138. The molecule has 162 valence electrons. The standard InChI is InChI=1S/C20H17F6NO3/c21-19(22,23)14-5-1-3-12(7-14)16-27-17(30-11-18(27,9-28)10-29-16)13-4-2-6-15(8-13)20(24,25)26/h1-8,16-17,28H,9-11H2/t16-,17?,18?/m0/s1. The van der Waals surface area contributed by atoms with Gasteiger partial charge in [0.2, 0.25) is 0 Å². The van der Waals surface area contributed by atoms with Crippen LogP contribution in [-0.4, -0.2) is 35.4 Å². The molecule has 0 aromatic heterocycles. The molecule has 0 amide bonds. The van der Waals surface area contributed by atoms with Crippen LogP contribution in [0.25, 0.3) is 0 Å². The highest BCUT2D eigenvalue weighted by atomic mass is 19.4. The Morgan fingerprint density at radius 2 is 1.27 bits per heavy atom. The highest BCUT2D eigenvalue weighted by molar-refractivity contribution is 5.32. The van der Waals surface area contributed by atoms with E-state index in [1.54, 1.807) is 0 Å². The number of halogens is 6. The molecule has 2 unspecified atom stereocenters. The third-order valence-corrected chi connectivity index (χ3v) is 5.37. The summed E-state index contributed by atoms with van der Waals surface area (Å²) >= 11 is 0. The van der Waals surface area contributed by atoms with Crippen LogP contribution in [0.4, 0.5) is 26.3 Å². The van der Waals surface area contributed by atoms with Crippen LogP contribution in [0.5, 0.6) is 0 Å². The molecule has 1 N–H and O–H groups in total. The Morgan fingerprint density at radius 1 is 0.833 bits per heavy atom. The molecule has 0 aliphatic carbocycles. The highest BCUT2D eigenvalue weighted by Gasteiger charge is 2.56. The van der Waals surface area contributed by atoms with Gasteiger partial charge in [-0.1, -0.05) is 24.3 Å². The molecule has 0 radical (unpaired) electrons. The Kier molecular flexibility index (Phi) is 5.08. The van der Waals surface area contributed by atoms with E-state index in [0.29, 0.717) is 0 Å². The fourth-order valence-corrected chi connectivity index (χ4v) is 3.86. The smallest absolute Gasteiger partial charge is 0.394 e. The first kappa shape index (κ1) is 21.1. The van der Waals surface area contributed by atoms with Crippen molar-refractivity contribution in [2.24, 2.45) is 0 Å². The number of nitrogens with zero attached hydrogens (tertiary/aromatic N) is 1. The molecule has 2 aliphatic heterocycles. The van der Waals surface area contributed by atoms with Gasteiger partial charge in [-0.15, -0.1) is 0 Å². The Balaban J connectivity index is 1.74. The second kappa shape index (κ2) is 7.23. The van der Waals surface area contributed by atoms with E-state index in [1.807, 2.05) is 0 Å². The molecule has 2 saturated heterocycles. The lowest BCUT2D eigenvalue weighted by Gasteiger charge is -2.33. The average molecular weight is 433 g/mol. The summed E-state index contributed by atoms with van der Waals surface area (Å²) in [7, 11) is 0. The number of ether oxygens (including phenoxy) is 2. The van der Waals surface area contributed by atoms with Crippen molar-refractivity contribution in [3.8, 4) is 0 Å². The first-order valence-electron chi connectivity index (χ1n) is 9.02. The molecule has 0 spiro atoms. The molecule has 2 aromatic carbocycles. The Labute approximate surface area is 167 Å². The number of hydrogen-bond acceptors (Lipinski definition) is 4. The summed E-state index contributed by atoms with van der Waals surface area (Å²) in [5, 5.41) is 9.96. The van der Waals surface area contributed by atoms with E-state index >= 15 is 0 Å². The van der Waals surface area contributed by atoms with Crippen LogP contribution in [-0.2, 0) is 21.8 Å². The van der Waals surface area contributed by atoms with Crippen molar-refractivity contribution in [1.82, 2.24) is 4.90 Å². The minimum atomic E-state index is -4.56. The maximum absolute atomic E-state index is 13.1. The minimum Gasteiger partial charge on any atom is -0.394 e. The molecular weight excluding hydrogens is 416 g/mol. The van der Waals surface area contributed by atoms with Gasteiger partial charge in [-0.3, -0.25) is 0 Å². The van der Waals surface area contributed by atoms with E-state index < -0.39 is 48.1 Å². The molecular formula is C20H17F6NO3. The summed E-state index contributed by atoms with van der Waals surface area (Å²) in [6.45, 7) is -0.516. The summed E-state index contributed by atoms with van der Waals surface area (Å²) in [4.78, 5) is 1.51. The fourth-order valence-electron chi connectivity index (χ4n) is 3.86. The van der Waals surface area contributed by atoms with Crippen molar-refractivity contribution in [1.29, 1.82) is 0 Å². The number of hydrogen-bond donors (Lipinski definition) is 1. The van der Waals surface area contributed by atoms with Crippen LogP contribution < -0.4 is 0 Å². The second-order valence-corrected chi connectivity index (χ2v) is 7.36. The predicted octanol–water partition coefficient (Wildman–Crippen LogP) is 4.52. The molecule has 10 heteroatoms. The average Bonchev–Trinajstić information content (AvgIpc) is 3.24. The topological polar surface area (TPSA) is 41.9 Å². The molecule has 4 nitrogen and oxygen atoms in total. The molecule has 2 aromatic rings. The molecule has 30 heavy (non-hydrogen) atoms. The van der Waals surface area contributed by atoms with Crippen LogP contribution in [0, 0.1) is 0 Å². The van der Waals surface area contributed by atoms with Gasteiger partial charge in [0, 0.05) is 0 Å². The van der Waals surface area contributed by atoms with Gasteiger partial charge in [-0.2, -0.15) is 26.3 Å². The van der Waals surface area contributed by atoms with Crippen molar-refractivity contribution in [2.45, 2.75) is 30.3 Å². The van der Waals surface area contributed by atoms with Crippen molar-refractivity contribution >= 4 is 0 Å². The van der Waals surface area contributed by atoms with Crippen molar-refractivity contribution < 1.29 is 40.9 Å². The quantitative estimate of drug-likeness (QED) is 0.724. The first-order valence-corrected chi connectivity index (χ1v) is 9.02. The Bertz CT molecular complexity index is 860. The SMILES string of the molecule is OCC12COC(c3cccc(C(F)(F)F)c3)N1[C@H](c1cccc(C(F)(F)F)c1)OC2. The van der Waals surface area contributed by atoms with Crippen molar-refractivity contribution in [2.75, 3.05) is 19.8 Å². The van der Waals surface area contributed by atoms with Crippen LogP contribution in [0.15, 0.2) is 48.5 Å². The van der Waals surface area contributed by atoms with Gasteiger partial charge in [0.15, 0.2) is 0 Å². The van der Waals surface area contributed by atoms with E-state index in [-0.39, 0.29) is 24.3 Å². The summed E-state index contributed by atoms with van der Waals surface area (Å²) in [6.07, 6.45) is -11.2.